The van der Waals surface area contributed by atoms with Crippen LogP contribution < -0.4 is 5.73 Å². The summed E-state index contributed by atoms with van der Waals surface area (Å²) in [5.41, 5.74) is 5.56. The number of imidazole rings is 1. The Morgan fingerprint density at radius 3 is 2.59 bits per heavy atom. The van der Waals surface area contributed by atoms with Gasteiger partial charge in [0.25, 0.3) is 10.0 Å². The fourth-order valence-electron chi connectivity index (χ4n) is 1.59. The number of hydrogen-bond acceptors (Lipinski definition) is 5. The fourth-order valence-corrected chi connectivity index (χ4v) is 3.30. The lowest BCUT2D eigenvalue weighted by Gasteiger charge is -2.20. The van der Waals surface area contributed by atoms with Crippen LogP contribution in [0, 0.1) is 0 Å². The third-order valence-electron chi connectivity index (χ3n) is 2.32. The molecule has 0 saturated carbocycles. The Hall–Kier alpha value is -1.12. The van der Waals surface area contributed by atoms with Gasteiger partial charge in [0.1, 0.15) is 0 Å². The maximum absolute atomic E-state index is 12.3. The number of hydrogen-bond donors (Lipinski definition) is 2. The van der Waals surface area contributed by atoms with Crippen molar-refractivity contribution in [2.24, 2.45) is 7.05 Å². The van der Waals surface area contributed by atoms with Crippen LogP contribution in [0.25, 0.3) is 0 Å². The van der Waals surface area contributed by atoms with Crippen molar-refractivity contribution < 1.29 is 13.5 Å². The Labute approximate surface area is 101 Å². The molecule has 0 aliphatic heterocycles. The van der Waals surface area contributed by atoms with Crippen molar-refractivity contribution in [2.45, 2.75) is 18.4 Å². The van der Waals surface area contributed by atoms with Crippen LogP contribution in [0.15, 0.2) is 11.4 Å². The molecule has 0 unspecified atom stereocenters. The van der Waals surface area contributed by atoms with Crippen molar-refractivity contribution in [1.29, 1.82) is 0 Å². The maximum atomic E-state index is 12.3. The van der Waals surface area contributed by atoms with Crippen molar-refractivity contribution in [3.8, 4) is 0 Å². The van der Waals surface area contributed by atoms with E-state index in [2.05, 4.69) is 4.98 Å². The van der Waals surface area contributed by atoms with E-state index in [0.717, 1.165) is 0 Å². The average molecular weight is 262 g/mol. The Bertz CT molecular complexity index is 443. The zero-order chi connectivity index (χ0) is 13.1. The van der Waals surface area contributed by atoms with Crippen LogP contribution in [0.4, 0.5) is 5.82 Å². The van der Waals surface area contributed by atoms with Gasteiger partial charge >= 0.3 is 0 Å². The first-order valence-corrected chi connectivity index (χ1v) is 6.77. The standard InChI is InChI=1S/C9H18N4O3S/c1-3-4-13(5-6-14)17(15,16)9-8(10)11-7-12(9)2/h7,14H,3-6,10H2,1-2H3. The van der Waals surface area contributed by atoms with E-state index in [9.17, 15) is 8.42 Å². The van der Waals surface area contributed by atoms with Gasteiger partial charge in [-0.3, -0.25) is 0 Å². The van der Waals surface area contributed by atoms with Gasteiger partial charge in [0.2, 0.25) is 0 Å². The predicted molar refractivity (Wildman–Crippen MR) is 63.8 cm³/mol. The summed E-state index contributed by atoms with van der Waals surface area (Å²) in [6.07, 6.45) is 2.02. The summed E-state index contributed by atoms with van der Waals surface area (Å²) in [7, 11) is -2.13. The van der Waals surface area contributed by atoms with Gasteiger partial charge in [0.05, 0.1) is 12.9 Å². The second kappa shape index (κ2) is 5.48. The summed E-state index contributed by atoms with van der Waals surface area (Å²) in [5, 5.41) is 8.87. The Morgan fingerprint density at radius 2 is 2.18 bits per heavy atom. The number of aliphatic hydroxyl groups is 1. The Kier molecular flexibility index (Phi) is 4.49. The third-order valence-corrected chi connectivity index (χ3v) is 4.35. The first-order valence-electron chi connectivity index (χ1n) is 5.33. The number of rotatable bonds is 6. The van der Waals surface area contributed by atoms with Crippen molar-refractivity contribution in [3.05, 3.63) is 6.33 Å². The van der Waals surface area contributed by atoms with Gasteiger partial charge in [-0.15, -0.1) is 0 Å². The maximum Gasteiger partial charge on any atom is 0.262 e. The molecule has 8 heteroatoms. The molecule has 0 atom stereocenters. The minimum atomic E-state index is -3.69. The SMILES string of the molecule is CCCN(CCO)S(=O)(=O)c1c(N)ncn1C. The number of nitrogens with two attached hydrogens (primary N) is 1. The molecule has 0 aliphatic carbocycles. The molecule has 3 N–H and O–H groups in total. The highest BCUT2D eigenvalue weighted by Crippen LogP contribution is 2.20. The van der Waals surface area contributed by atoms with Crippen molar-refractivity contribution >= 4 is 15.8 Å². The van der Waals surface area contributed by atoms with Crippen molar-refractivity contribution in [2.75, 3.05) is 25.4 Å². The van der Waals surface area contributed by atoms with E-state index in [1.54, 1.807) is 7.05 Å². The smallest absolute Gasteiger partial charge is 0.262 e. The summed E-state index contributed by atoms with van der Waals surface area (Å²) < 4.78 is 27.2. The highest BCUT2D eigenvalue weighted by atomic mass is 32.2. The molecule has 1 aromatic heterocycles. The Balaban J connectivity index is 3.16. The average Bonchev–Trinajstić information content (AvgIpc) is 2.58. The first-order chi connectivity index (χ1) is 7.95. The van der Waals surface area contributed by atoms with Crippen LogP contribution in [-0.4, -0.2) is 47.1 Å². The molecule has 0 spiro atoms. The number of anilines is 1. The molecular formula is C9H18N4O3S. The molecule has 0 bridgehead atoms. The van der Waals surface area contributed by atoms with Gasteiger partial charge in [0.15, 0.2) is 10.8 Å². The van der Waals surface area contributed by atoms with Crippen LogP contribution in [0.2, 0.25) is 0 Å². The molecule has 0 radical (unpaired) electrons. The van der Waals surface area contributed by atoms with E-state index in [0.29, 0.717) is 13.0 Å². The number of nitrogens with zero attached hydrogens (tertiary/aromatic N) is 3. The number of aliphatic hydroxyl groups excluding tert-OH is 1. The van der Waals surface area contributed by atoms with Crippen LogP contribution in [0.1, 0.15) is 13.3 Å². The van der Waals surface area contributed by atoms with Crippen molar-refractivity contribution in [1.82, 2.24) is 13.9 Å². The predicted octanol–water partition coefficient (Wildman–Crippen LogP) is -0.605. The first kappa shape index (κ1) is 13.9. The molecule has 1 aromatic rings. The fraction of sp³-hybridized carbons (Fsp3) is 0.667. The second-order valence-electron chi connectivity index (χ2n) is 3.67. The molecule has 0 saturated heterocycles. The van der Waals surface area contributed by atoms with Crippen molar-refractivity contribution in [3.63, 3.8) is 0 Å². The topological polar surface area (TPSA) is 101 Å². The number of aryl methyl sites for hydroxylation is 1. The molecule has 98 valence electrons. The minimum absolute atomic E-state index is 0.0217. The number of nitrogen functional groups attached to an aromatic ring is 1. The van der Waals surface area contributed by atoms with Gasteiger partial charge < -0.3 is 15.4 Å². The lowest BCUT2D eigenvalue weighted by atomic mass is 10.5. The molecular weight excluding hydrogens is 244 g/mol. The van der Waals surface area contributed by atoms with E-state index < -0.39 is 10.0 Å². The molecule has 17 heavy (non-hydrogen) atoms. The molecule has 0 aromatic carbocycles. The van der Waals surface area contributed by atoms with Gasteiger partial charge in [-0.25, -0.2) is 13.4 Å². The van der Waals surface area contributed by atoms with Crippen LogP contribution in [0.5, 0.6) is 0 Å². The molecule has 1 rings (SSSR count). The zero-order valence-electron chi connectivity index (χ0n) is 10.00. The number of sulfonamides is 1. The summed E-state index contributed by atoms with van der Waals surface area (Å²) in [6.45, 7) is 2.04. The second-order valence-corrected chi connectivity index (χ2v) is 5.53. The van der Waals surface area contributed by atoms with E-state index >= 15 is 0 Å². The van der Waals surface area contributed by atoms with Crippen LogP contribution in [0.3, 0.4) is 0 Å². The van der Waals surface area contributed by atoms with E-state index in [1.165, 1.54) is 15.2 Å². The lowest BCUT2D eigenvalue weighted by Crippen LogP contribution is -2.35. The molecule has 1 heterocycles. The van der Waals surface area contributed by atoms with E-state index in [1.807, 2.05) is 6.92 Å². The quantitative estimate of drug-likeness (QED) is 0.712. The van der Waals surface area contributed by atoms with E-state index in [4.69, 9.17) is 10.8 Å². The van der Waals surface area contributed by atoms with E-state index in [-0.39, 0.29) is 24.0 Å². The van der Waals surface area contributed by atoms with Crippen LogP contribution >= 0.6 is 0 Å². The molecule has 0 fully saturated rings. The summed E-state index contributed by atoms with van der Waals surface area (Å²) in [4.78, 5) is 3.76. The van der Waals surface area contributed by atoms with Gasteiger partial charge in [0, 0.05) is 20.1 Å². The van der Waals surface area contributed by atoms with Gasteiger partial charge in [-0.2, -0.15) is 4.31 Å². The Morgan fingerprint density at radius 1 is 1.53 bits per heavy atom. The highest BCUT2D eigenvalue weighted by molar-refractivity contribution is 7.89. The third kappa shape index (κ3) is 2.76. The summed E-state index contributed by atoms with van der Waals surface area (Å²) in [6, 6.07) is 0. The largest absolute Gasteiger partial charge is 0.395 e. The zero-order valence-corrected chi connectivity index (χ0v) is 10.8. The summed E-state index contributed by atoms with van der Waals surface area (Å²) in [5.74, 6) is -0.0217. The minimum Gasteiger partial charge on any atom is -0.395 e. The molecule has 0 amide bonds. The summed E-state index contributed by atoms with van der Waals surface area (Å²) >= 11 is 0. The molecule has 0 aliphatic rings. The van der Waals surface area contributed by atoms with Gasteiger partial charge in [-0.05, 0) is 6.42 Å². The number of aromatic nitrogens is 2. The van der Waals surface area contributed by atoms with Crippen LogP contribution in [-0.2, 0) is 17.1 Å². The lowest BCUT2D eigenvalue weighted by molar-refractivity contribution is 0.253. The van der Waals surface area contributed by atoms with Gasteiger partial charge in [-0.1, -0.05) is 6.92 Å². The highest BCUT2D eigenvalue weighted by Gasteiger charge is 2.28. The normalized spacial score (nSPS) is 12.2. The molecule has 7 nitrogen and oxygen atoms in total. The monoisotopic (exact) mass is 262 g/mol.